The number of rotatable bonds is 4. The van der Waals surface area contributed by atoms with Gasteiger partial charge in [-0.15, -0.1) is 0 Å². The molecule has 0 unspecified atom stereocenters. The first-order valence-electron chi connectivity index (χ1n) is 7.22. The van der Waals surface area contributed by atoms with E-state index in [-0.39, 0.29) is 11.8 Å². The third kappa shape index (κ3) is 2.56. The summed E-state index contributed by atoms with van der Waals surface area (Å²) in [6.45, 7) is 0. The largest absolute Gasteiger partial charge is 0.493 e. The minimum atomic E-state index is -0.128. The van der Waals surface area contributed by atoms with Crippen LogP contribution in [0.5, 0.6) is 17.2 Å². The van der Waals surface area contributed by atoms with E-state index in [2.05, 4.69) is 10.3 Å². The summed E-state index contributed by atoms with van der Waals surface area (Å²) in [5.41, 5.74) is 2.56. The SMILES string of the molecule is COc1cc2c(c(OC)c1OC)[C@@H](c1ccncc1)CC(=O)N2. The molecular formula is C17H18N2O4. The van der Waals surface area contributed by atoms with Gasteiger partial charge in [0.25, 0.3) is 0 Å². The highest BCUT2D eigenvalue weighted by molar-refractivity contribution is 5.97. The van der Waals surface area contributed by atoms with Gasteiger partial charge in [0.15, 0.2) is 11.5 Å². The Hall–Kier alpha value is -2.76. The van der Waals surface area contributed by atoms with Crippen LogP contribution in [0.2, 0.25) is 0 Å². The number of hydrogen-bond donors (Lipinski definition) is 1. The van der Waals surface area contributed by atoms with E-state index in [0.717, 1.165) is 11.1 Å². The molecule has 1 aliphatic rings. The minimum absolute atomic E-state index is 0.0476. The summed E-state index contributed by atoms with van der Waals surface area (Å²) in [6, 6.07) is 5.58. The molecule has 6 heteroatoms. The number of aromatic nitrogens is 1. The topological polar surface area (TPSA) is 69.7 Å². The van der Waals surface area contributed by atoms with E-state index in [1.54, 1.807) is 39.8 Å². The number of fused-ring (bicyclic) bond motifs is 1. The monoisotopic (exact) mass is 314 g/mol. The fraction of sp³-hybridized carbons (Fsp3) is 0.294. The van der Waals surface area contributed by atoms with Crippen molar-refractivity contribution in [2.24, 2.45) is 0 Å². The average molecular weight is 314 g/mol. The molecule has 1 amide bonds. The highest BCUT2D eigenvalue weighted by Gasteiger charge is 2.33. The number of nitrogens with one attached hydrogen (secondary N) is 1. The fourth-order valence-electron chi connectivity index (χ4n) is 3.00. The van der Waals surface area contributed by atoms with Crippen LogP contribution in [0.25, 0.3) is 0 Å². The highest BCUT2D eigenvalue weighted by atomic mass is 16.5. The summed E-state index contributed by atoms with van der Waals surface area (Å²) in [4.78, 5) is 16.2. The van der Waals surface area contributed by atoms with Gasteiger partial charge in [-0.1, -0.05) is 0 Å². The van der Waals surface area contributed by atoms with Gasteiger partial charge in [0, 0.05) is 36.4 Å². The number of benzene rings is 1. The number of anilines is 1. The second-order valence-corrected chi connectivity index (χ2v) is 5.19. The number of hydrogen-bond acceptors (Lipinski definition) is 5. The normalized spacial score (nSPS) is 16.3. The van der Waals surface area contributed by atoms with Crippen LogP contribution >= 0.6 is 0 Å². The number of methoxy groups -OCH3 is 3. The predicted molar refractivity (Wildman–Crippen MR) is 85.4 cm³/mol. The third-order valence-corrected chi connectivity index (χ3v) is 3.99. The van der Waals surface area contributed by atoms with Crippen molar-refractivity contribution in [2.75, 3.05) is 26.6 Å². The lowest BCUT2D eigenvalue weighted by atomic mass is 9.84. The lowest BCUT2D eigenvalue weighted by molar-refractivity contribution is -0.116. The van der Waals surface area contributed by atoms with Crippen molar-refractivity contribution in [1.82, 2.24) is 4.98 Å². The molecule has 120 valence electrons. The van der Waals surface area contributed by atoms with Crippen molar-refractivity contribution in [3.8, 4) is 17.2 Å². The highest BCUT2D eigenvalue weighted by Crippen LogP contribution is 2.50. The molecule has 0 saturated heterocycles. The molecule has 2 aromatic rings. The lowest BCUT2D eigenvalue weighted by Crippen LogP contribution is -2.24. The first-order valence-corrected chi connectivity index (χ1v) is 7.22. The van der Waals surface area contributed by atoms with Crippen LogP contribution in [0, 0.1) is 0 Å². The zero-order chi connectivity index (χ0) is 16.4. The molecule has 0 fully saturated rings. The molecule has 0 bridgehead atoms. The van der Waals surface area contributed by atoms with Gasteiger partial charge in [-0.05, 0) is 17.7 Å². The van der Waals surface area contributed by atoms with Crippen molar-refractivity contribution in [3.63, 3.8) is 0 Å². The lowest BCUT2D eigenvalue weighted by Gasteiger charge is -2.29. The van der Waals surface area contributed by atoms with E-state index >= 15 is 0 Å². The van der Waals surface area contributed by atoms with Gasteiger partial charge in [-0.25, -0.2) is 0 Å². The maximum Gasteiger partial charge on any atom is 0.225 e. The van der Waals surface area contributed by atoms with E-state index in [1.807, 2.05) is 12.1 Å². The van der Waals surface area contributed by atoms with Gasteiger partial charge in [-0.3, -0.25) is 9.78 Å². The summed E-state index contributed by atoms with van der Waals surface area (Å²) in [5, 5.41) is 2.89. The van der Waals surface area contributed by atoms with E-state index in [9.17, 15) is 4.79 Å². The van der Waals surface area contributed by atoms with Crippen LogP contribution in [-0.2, 0) is 4.79 Å². The Balaban J connectivity index is 2.25. The molecule has 3 rings (SSSR count). The zero-order valence-corrected chi connectivity index (χ0v) is 13.3. The minimum Gasteiger partial charge on any atom is -0.493 e. The van der Waals surface area contributed by atoms with Crippen molar-refractivity contribution in [1.29, 1.82) is 0 Å². The summed E-state index contributed by atoms with van der Waals surface area (Å²) in [6.07, 6.45) is 3.77. The van der Waals surface area contributed by atoms with E-state index in [1.165, 1.54) is 0 Å². The molecule has 1 aliphatic heterocycles. The smallest absolute Gasteiger partial charge is 0.225 e. The van der Waals surface area contributed by atoms with Crippen LogP contribution in [0.15, 0.2) is 30.6 Å². The fourth-order valence-corrected chi connectivity index (χ4v) is 3.00. The van der Waals surface area contributed by atoms with Crippen molar-refractivity contribution < 1.29 is 19.0 Å². The second-order valence-electron chi connectivity index (χ2n) is 5.19. The van der Waals surface area contributed by atoms with E-state index in [0.29, 0.717) is 29.4 Å². The first kappa shape index (κ1) is 15.1. The Morgan fingerprint density at radius 1 is 1.09 bits per heavy atom. The molecule has 0 spiro atoms. The summed E-state index contributed by atoms with van der Waals surface area (Å²) < 4.78 is 16.4. The van der Waals surface area contributed by atoms with Gasteiger partial charge in [0.1, 0.15) is 0 Å². The number of carbonyl (C=O) groups excluding carboxylic acids is 1. The molecule has 2 heterocycles. The molecule has 0 aliphatic carbocycles. The average Bonchev–Trinajstić information content (AvgIpc) is 2.59. The maximum atomic E-state index is 12.1. The number of pyridine rings is 1. The molecule has 0 saturated carbocycles. The molecule has 1 aromatic heterocycles. The summed E-state index contributed by atoms with van der Waals surface area (Å²) in [7, 11) is 4.70. The van der Waals surface area contributed by atoms with E-state index in [4.69, 9.17) is 14.2 Å². The molecule has 0 radical (unpaired) electrons. The quantitative estimate of drug-likeness (QED) is 0.939. The molecule has 6 nitrogen and oxygen atoms in total. The van der Waals surface area contributed by atoms with Gasteiger partial charge >= 0.3 is 0 Å². The first-order chi connectivity index (χ1) is 11.2. The Bertz CT molecular complexity index is 731. The maximum absolute atomic E-state index is 12.1. The standard InChI is InChI=1S/C17H18N2O4/c1-21-13-9-12-15(17(23-3)16(13)22-2)11(8-14(20)19-12)10-4-6-18-7-5-10/h4-7,9,11H,8H2,1-3H3,(H,19,20)/t11-/m1/s1. The van der Waals surface area contributed by atoms with Crippen molar-refractivity contribution >= 4 is 11.6 Å². The molecular weight excluding hydrogens is 296 g/mol. The van der Waals surface area contributed by atoms with Gasteiger partial charge in [0.05, 0.1) is 27.0 Å². The summed E-state index contributed by atoms with van der Waals surface area (Å²) in [5.74, 6) is 1.43. The number of carbonyl (C=O) groups is 1. The molecule has 1 aromatic carbocycles. The zero-order valence-electron chi connectivity index (χ0n) is 13.3. The number of amides is 1. The van der Waals surface area contributed by atoms with Gasteiger partial charge < -0.3 is 19.5 Å². The number of ether oxygens (including phenoxy) is 3. The summed E-state index contributed by atoms with van der Waals surface area (Å²) >= 11 is 0. The van der Waals surface area contributed by atoms with Crippen molar-refractivity contribution in [3.05, 3.63) is 41.7 Å². The molecule has 23 heavy (non-hydrogen) atoms. The Morgan fingerprint density at radius 3 is 2.39 bits per heavy atom. The van der Waals surface area contributed by atoms with Gasteiger partial charge in [0.2, 0.25) is 11.7 Å². The van der Waals surface area contributed by atoms with Crippen molar-refractivity contribution in [2.45, 2.75) is 12.3 Å². The van der Waals surface area contributed by atoms with Crippen LogP contribution in [0.1, 0.15) is 23.5 Å². The Labute approximate surface area is 134 Å². The predicted octanol–water partition coefficient (Wildman–Crippen LogP) is 2.58. The van der Waals surface area contributed by atoms with Gasteiger partial charge in [-0.2, -0.15) is 0 Å². The third-order valence-electron chi connectivity index (χ3n) is 3.99. The Morgan fingerprint density at radius 2 is 1.78 bits per heavy atom. The molecule has 1 atom stereocenters. The van der Waals surface area contributed by atoms with Crippen LogP contribution in [-0.4, -0.2) is 32.2 Å². The van der Waals surface area contributed by atoms with Crippen LogP contribution < -0.4 is 19.5 Å². The second kappa shape index (κ2) is 6.16. The van der Waals surface area contributed by atoms with Crippen LogP contribution in [0.3, 0.4) is 0 Å². The Kier molecular flexibility index (Phi) is 4.06. The van der Waals surface area contributed by atoms with Crippen LogP contribution in [0.4, 0.5) is 5.69 Å². The number of nitrogens with zero attached hydrogens (tertiary/aromatic N) is 1. The van der Waals surface area contributed by atoms with E-state index < -0.39 is 0 Å². The molecule has 1 N–H and O–H groups in total.